The number of benzene rings is 2. The maximum atomic E-state index is 6.12. The van der Waals surface area contributed by atoms with E-state index >= 15 is 0 Å². The van der Waals surface area contributed by atoms with Crippen LogP contribution in [-0.2, 0) is 11.2 Å². The quantitative estimate of drug-likeness (QED) is 0.797. The van der Waals surface area contributed by atoms with Crippen LogP contribution in [0.4, 0.5) is 5.69 Å². The first-order chi connectivity index (χ1) is 10.3. The number of hydrogen-bond acceptors (Lipinski definition) is 2. The van der Waals surface area contributed by atoms with Crippen molar-refractivity contribution in [2.75, 3.05) is 18.5 Å². The van der Waals surface area contributed by atoms with Gasteiger partial charge in [-0.2, -0.15) is 0 Å². The molecule has 0 radical (unpaired) electrons. The molecule has 110 valence electrons. The summed E-state index contributed by atoms with van der Waals surface area (Å²) in [5.41, 5.74) is 3.76. The first-order valence-electron chi connectivity index (χ1n) is 7.52. The van der Waals surface area contributed by atoms with Crippen LogP contribution in [0.1, 0.15) is 30.1 Å². The van der Waals surface area contributed by atoms with Gasteiger partial charge < -0.3 is 10.1 Å². The van der Waals surface area contributed by atoms with Crippen molar-refractivity contribution in [3.63, 3.8) is 0 Å². The fourth-order valence-corrected chi connectivity index (χ4v) is 3.08. The lowest BCUT2D eigenvalue weighted by atomic mass is 9.89. The molecule has 0 saturated carbocycles. The average molecular weight is 302 g/mol. The van der Waals surface area contributed by atoms with Crippen LogP contribution in [0.5, 0.6) is 0 Å². The Labute approximate surface area is 131 Å². The zero-order valence-corrected chi connectivity index (χ0v) is 12.8. The molecule has 0 amide bonds. The van der Waals surface area contributed by atoms with Gasteiger partial charge in [-0.1, -0.05) is 48.0 Å². The average Bonchev–Trinajstić information content (AvgIpc) is 2.53. The summed E-state index contributed by atoms with van der Waals surface area (Å²) in [7, 11) is 0. The normalized spacial score (nSPS) is 17.3. The van der Waals surface area contributed by atoms with Crippen LogP contribution in [-0.4, -0.2) is 13.2 Å². The predicted molar refractivity (Wildman–Crippen MR) is 88.0 cm³/mol. The standard InChI is InChI=1S/C18H20ClNO/c19-16-9-3-4-10-17(16)20-12-13-21-18-11-5-7-14-6-1-2-8-15(14)18/h1-4,6,8-10,18,20H,5,7,11-13H2. The lowest BCUT2D eigenvalue weighted by Gasteiger charge is -2.25. The van der Waals surface area contributed by atoms with Crippen molar-refractivity contribution in [1.82, 2.24) is 0 Å². The van der Waals surface area contributed by atoms with Crippen molar-refractivity contribution in [2.45, 2.75) is 25.4 Å². The number of para-hydroxylation sites is 1. The van der Waals surface area contributed by atoms with E-state index in [-0.39, 0.29) is 6.10 Å². The van der Waals surface area contributed by atoms with Crippen molar-refractivity contribution >= 4 is 17.3 Å². The zero-order valence-electron chi connectivity index (χ0n) is 12.0. The first-order valence-corrected chi connectivity index (χ1v) is 7.90. The number of halogens is 1. The molecule has 0 heterocycles. The molecule has 1 N–H and O–H groups in total. The molecule has 2 aromatic carbocycles. The molecule has 1 aliphatic rings. The maximum absolute atomic E-state index is 6.12. The molecule has 1 unspecified atom stereocenters. The molecule has 0 saturated heterocycles. The Balaban J connectivity index is 1.52. The van der Waals surface area contributed by atoms with E-state index in [4.69, 9.17) is 16.3 Å². The summed E-state index contributed by atoms with van der Waals surface area (Å²) in [4.78, 5) is 0. The minimum Gasteiger partial charge on any atom is -0.382 e. The highest BCUT2D eigenvalue weighted by Crippen LogP contribution is 2.32. The molecule has 21 heavy (non-hydrogen) atoms. The second-order valence-corrected chi connectivity index (χ2v) is 5.76. The molecule has 3 heteroatoms. The van der Waals surface area contributed by atoms with Gasteiger partial charge in [0, 0.05) is 6.54 Å². The Morgan fingerprint density at radius 3 is 2.81 bits per heavy atom. The van der Waals surface area contributed by atoms with Gasteiger partial charge in [0.25, 0.3) is 0 Å². The van der Waals surface area contributed by atoms with Gasteiger partial charge in [0.2, 0.25) is 0 Å². The fraction of sp³-hybridized carbons (Fsp3) is 0.333. The van der Waals surface area contributed by atoms with E-state index in [1.54, 1.807) is 0 Å². The van der Waals surface area contributed by atoms with E-state index in [0.29, 0.717) is 6.61 Å². The lowest BCUT2D eigenvalue weighted by Crippen LogP contribution is -2.17. The van der Waals surface area contributed by atoms with Gasteiger partial charge in [-0.3, -0.25) is 0 Å². The largest absolute Gasteiger partial charge is 0.382 e. The van der Waals surface area contributed by atoms with Crippen LogP contribution in [0.3, 0.4) is 0 Å². The molecule has 0 fully saturated rings. The number of anilines is 1. The first kappa shape index (κ1) is 14.4. The number of aryl methyl sites for hydroxylation is 1. The Bertz CT molecular complexity index is 599. The highest BCUT2D eigenvalue weighted by atomic mass is 35.5. The molecule has 0 bridgehead atoms. The van der Waals surface area contributed by atoms with Crippen LogP contribution < -0.4 is 5.32 Å². The number of rotatable bonds is 5. The number of fused-ring (bicyclic) bond motifs is 1. The Morgan fingerprint density at radius 2 is 1.90 bits per heavy atom. The number of hydrogen-bond donors (Lipinski definition) is 1. The van der Waals surface area contributed by atoms with Crippen LogP contribution in [0.25, 0.3) is 0 Å². The zero-order chi connectivity index (χ0) is 14.5. The summed E-state index contributed by atoms with van der Waals surface area (Å²) in [5.74, 6) is 0. The van der Waals surface area contributed by atoms with Crippen LogP contribution in [0.15, 0.2) is 48.5 Å². The highest BCUT2D eigenvalue weighted by molar-refractivity contribution is 6.33. The van der Waals surface area contributed by atoms with Crippen molar-refractivity contribution < 1.29 is 4.74 Å². The van der Waals surface area contributed by atoms with Crippen molar-refractivity contribution in [3.05, 3.63) is 64.7 Å². The predicted octanol–water partition coefficient (Wildman–Crippen LogP) is 4.85. The van der Waals surface area contributed by atoms with Crippen molar-refractivity contribution in [1.29, 1.82) is 0 Å². The fourth-order valence-electron chi connectivity index (χ4n) is 2.87. The Hall–Kier alpha value is -1.51. The molecule has 3 rings (SSSR count). The third-order valence-electron chi connectivity index (χ3n) is 3.92. The van der Waals surface area contributed by atoms with Gasteiger partial charge in [-0.15, -0.1) is 0 Å². The smallest absolute Gasteiger partial charge is 0.0828 e. The molecular weight excluding hydrogens is 282 g/mol. The van der Waals surface area contributed by atoms with Crippen LogP contribution in [0.2, 0.25) is 5.02 Å². The maximum Gasteiger partial charge on any atom is 0.0828 e. The summed E-state index contributed by atoms with van der Waals surface area (Å²) in [6.45, 7) is 1.45. The number of nitrogens with one attached hydrogen (secondary N) is 1. The van der Waals surface area contributed by atoms with Crippen LogP contribution in [0, 0.1) is 0 Å². The molecule has 1 aliphatic carbocycles. The lowest BCUT2D eigenvalue weighted by molar-refractivity contribution is 0.0477. The monoisotopic (exact) mass is 301 g/mol. The van der Waals surface area contributed by atoms with E-state index < -0.39 is 0 Å². The molecule has 2 nitrogen and oxygen atoms in total. The SMILES string of the molecule is Clc1ccccc1NCCOC1CCCc2ccccc21. The summed E-state index contributed by atoms with van der Waals surface area (Å²) in [6, 6.07) is 16.4. The topological polar surface area (TPSA) is 21.3 Å². The molecule has 0 aromatic heterocycles. The van der Waals surface area contributed by atoms with Gasteiger partial charge in [0.15, 0.2) is 0 Å². The van der Waals surface area contributed by atoms with Gasteiger partial charge in [-0.05, 0) is 42.5 Å². The van der Waals surface area contributed by atoms with E-state index in [2.05, 4.69) is 29.6 Å². The Morgan fingerprint density at radius 1 is 1.10 bits per heavy atom. The highest BCUT2D eigenvalue weighted by Gasteiger charge is 2.19. The number of ether oxygens (including phenoxy) is 1. The van der Waals surface area contributed by atoms with E-state index in [1.807, 2.05) is 24.3 Å². The molecule has 1 atom stereocenters. The summed E-state index contributed by atoms with van der Waals surface area (Å²) >= 11 is 6.12. The second-order valence-electron chi connectivity index (χ2n) is 5.36. The molecule has 0 aliphatic heterocycles. The van der Waals surface area contributed by atoms with Crippen LogP contribution >= 0.6 is 11.6 Å². The summed E-state index contributed by atoms with van der Waals surface area (Å²) in [5, 5.41) is 4.07. The van der Waals surface area contributed by atoms with E-state index in [1.165, 1.54) is 24.0 Å². The second kappa shape index (κ2) is 6.97. The van der Waals surface area contributed by atoms with E-state index in [0.717, 1.165) is 23.7 Å². The molecule has 2 aromatic rings. The minimum absolute atomic E-state index is 0.239. The van der Waals surface area contributed by atoms with Crippen molar-refractivity contribution in [2.24, 2.45) is 0 Å². The summed E-state index contributed by atoms with van der Waals surface area (Å²) < 4.78 is 6.07. The third-order valence-corrected chi connectivity index (χ3v) is 4.25. The Kier molecular flexibility index (Phi) is 4.79. The van der Waals surface area contributed by atoms with E-state index in [9.17, 15) is 0 Å². The van der Waals surface area contributed by atoms with Gasteiger partial charge in [0.1, 0.15) is 0 Å². The molecule has 0 spiro atoms. The van der Waals surface area contributed by atoms with Gasteiger partial charge in [-0.25, -0.2) is 0 Å². The summed E-state index contributed by atoms with van der Waals surface area (Å²) in [6.07, 6.45) is 3.74. The van der Waals surface area contributed by atoms with Gasteiger partial charge >= 0.3 is 0 Å². The molecular formula is C18H20ClNO. The third kappa shape index (κ3) is 3.58. The van der Waals surface area contributed by atoms with Gasteiger partial charge in [0.05, 0.1) is 23.4 Å². The van der Waals surface area contributed by atoms with Crippen molar-refractivity contribution in [3.8, 4) is 0 Å². The minimum atomic E-state index is 0.239.